The van der Waals surface area contributed by atoms with Crippen molar-refractivity contribution in [3.05, 3.63) is 35.9 Å². The lowest BCUT2D eigenvalue weighted by Gasteiger charge is -2.25. The molecular weight excluding hydrogens is 232 g/mol. The highest BCUT2D eigenvalue weighted by Crippen LogP contribution is 2.16. The smallest absolute Gasteiger partial charge is 0.0294 e. The Morgan fingerprint density at radius 3 is 2.74 bits per heavy atom. The first-order valence-electron chi connectivity index (χ1n) is 7.80. The molecule has 1 heterocycles. The van der Waals surface area contributed by atoms with E-state index in [1.54, 1.807) is 0 Å². The van der Waals surface area contributed by atoms with E-state index < -0.39 is 0 Å². The molecule has 0 aromatic heterocycles. The second-order valence-electron chi connectivity index (χ2n) is 5.94. The van der Waals surface area contributed by atoms with Gasteiger partial charge in [0.2, 0.25) is 0 Å². The highest BCUT2D eigenvalue weighted by molar-refractivity contribution is 5.18. The van der Waals surface area contributed by atoms with E-state index in [0.29, 0.717) is 18.1 Å². The summed E-state index contributed by atoms with van der Waals surface area (Å²) >= 11 is 0. The van der Waals surface area contributed by atoms with Crippen LogP contribution >= 0.6 is 0 Å². The number of nitrogens with one attached hydrogen (secondary N) is 2. The molecule has 0 amide bonds. The van der Waals surface area contributed by atoms with Gasteiger partial charge >= 0.3 is 0 Å². The molecule has 1 aromatic carbocycles. The van der Waals surface area contributed by atoms with Gasteiger partial charge in [-0.05, 0) is 45.2 Å². The van der Waals surface area contributed by atoms with Gasteiger partial charge < -0.3 is 10.6 Å². The van der Waals surface area contributed by atoms with Gasteiger partial charge in [-0.15, -0.1) is 0 Å². The first-order chi connectivity index (χ1) is 9.25. The van der Waals surface area contributed by atoms with Crippen LogP contribution in [0.1, 0.15) is 57.6 Å². The van der Waals surface area contributed by atoms with Gasteiger partial charge in [-0.25, -0.2) is 0 Å². The van der Waals surface area contributed by atoms with Gasteiger partial charge in [-0.3, -0.25) is 0 Å². The molecule has 0 bridgehead atoms. The fraction of sp³-hybridized carbons (Fsp3) is 0.647. The molecule has 1 fully saturated rings. The molecule has 0 saturated carbocycles. The zero-order chi connectivity index (χ0) is 13.5. The predicted octanol–water partition coefficient (Wildman–Crippen LogP) is 3.65. The number of rotatable bonds is 5. The normalized spacial score (nSPS) is 23.6. The first-order valence-corrected chi connectivity index (χ1v) is 7.80. The minimum absolute atomic E-state index is 0.432. The summed E-state index contributed by atoms with van der Waals surface area (Å²) in [5, 5.41) is 7.41. The van der Waals surface area contributed by atoms with E-state index in [9.17, 15) is 0 Å². The lowest BCUT2D eigenvalue weighted by Crippen LogP contribution is -2.37. The van der Waals surface area contributed by atoms with E-state index in [0.717, 1.165) is 0 Å². The summed E-state index contributed by atoms with van der Waals surface area (Å²) in [6.07, 6.45) is 6.70. The van der Waals surface area contributed by atoms with Gasteiger partial charge in [-0.2, -0.15) is 0 Å². The van der Waals surface area contributed by atoms with E-state index in [4.69, 9.17) is 0 Å². The summed E-state index contributed by atoms with van der Waals surface area (Å²) in [7, 11) is 0. The van der Waals surface area contributed by atoms with Gasteiger partial charge in [0.15, 0.2) is 0 Å². The third kappa shape index (κ3) is 4.96. The van der Waals surface area contributed by atoms with Crippen LogP contribution in [0, 0.1) is 0 Å². The Morgan fingerprint density at radius 2 is 1.95 bits per heavy atom. The molecule has 106 valence electrons. The van der Waals surface area contributed by atoms with E-state index in [2.05, 4.69) is 54.8 Å². The Balaban J connectivity index is 1.78. The Morgan fingerprint density at radius 1 is 1.16 bits per heavy atom. The molecule has 1 aliphatic heterocycles. The van der Waals surface area contributed by atoms with Crippen molar-refractivity contribution < 1.29 is 0 Å². The standard InChI is InChI=1S/C17H28N2/c1-14(13-17-11-7-4-8-12-18-17)19-15(2)16-9-5-3-6-10-16/h3,5-6,9-10,14-15,17-19H,4,7-8,11-13H2,1-2H3/t14?,15-,17?/m1/s1. The second-order valence-corrected chi connectivity index (χ2v) is 5.94. The van der Waals surface area contributed by atoms with E-state index in [1.165, 1.54) is 44.2 Å². The molecule has 1 saturated heterocycles. The molecule has 19 heavy (non-hydrogen) atoms. The van der Waals surface area contributed by atoms with Gasteiger partial charge in [-0.1, -0.05) is 43.2 Å². The van der Waals surface area contributed by atoms with Crippen molar-refractivity contribution in [1.82, 2.24) is 10.6 Å². The van der Waals surface area contributed by atoms with Crippen LogP contribution in [0.4, 0.5) is 0 Å². The summed E-state index contributed by atoms with van der Waals surface area (Å²) in [6.45, 7) is 5.77. The molecule has 0 spiro atoms. The van der Waals surface area contributed by atoms with Gasteiger partial charge in [0, 0.05) is 18.1 Å². The summed E-state index contributed by atoms with van der Waals surface area (Å²) in [5.41, 5.74) is 1.38. The van der Waals surface area contributed by atoms with Crippen LogP contribution in [0.3, 0.4) is 0 Å². The minimum atomic E-state index is 0.432. The van der Waals surface area contributed by atoms with Crippen molar-refractivity contribution in [2.24, 2.45) is 0 Å². The predicted molar refractivity (Wildman–Crippen MR) is 82.3 cm³/mol. The monoisotopic (exact) mass is 260 g/mol. The average molecular weight is 260 g/mol. The third-order valence-electron chi connectivity index (χ3n) is 4.13. The van der Waals surface area contributed by atoms with Crippen molar-refractivity contribution in [2.75, 3.05) is 6.54 Å². The highest BCUT2D eigenvalue weighted by atomic mass is 15.0. The number of hydrogen-bond donors (Lipinski definition) is 2. The van der Waals surface area contributed by atoms with Crippen LogP contribution < -0.4 is 10.6 Å². The van der Waals surface area contributed by atoms with Crippen LogP contribution in [-0.2, 0) is 0 Å². The SMILES string of the molecule is CC(CC1CCCCCN1)N[C@H](C)c1ccccc1. The van der Waals surface area contributed by atoms with Crippen LogP contribution in [0.25, 0.3) is 0 Å². The maximum atomic E-state index is 3.72. The topological polar surface area (TPSA) is 24.1 Å². The zero-order valence-corrected chi connectivity index (χ0v) is 12.4. The largest absolute Gasteiger partial charge is 0.314 e. The molecule has 1 aromatic rings. The van der Waals surface area contributed by atoms with Crippen LogP contribution in [-0.4, -0.2) is 18.6 Å². The fourth-order valence-corrected chi connectivity index (χ4v) is 3.06. The summed E-state index contributed by atoms with van der Waals surface area (Å²) in [4.78, 5) is 0. The van der Waals surface area contributed by atoms with Crippen molar-refractivity contribution >= 4 is 0 Å². The summed E-state index contributed by atoms with van der Waals surface area (Å²) in [6, 6.07) is 12.4. The number of benzene rings is 1. The molecule has 2 nitrogen and oxygen atoms in total. The van der Waals surface area contributed by atoms with E-state index in [-0.39, 0.29) is 0 Å². The van der Waals surface area contributed by atoms with Crippen LogP contribution in [0.5, 0.6) is 0 Å². The highest BCUT2D eigenvalue weighted by Gasteiger charge is 2.16. The van der Waals surface area contributed by atoms with Gasteiger partial charge in [0.1, 0.15) is 0 Å². The quantitative estimate of drug-likeness (QED) is 0.844. The van der Waals surface area contributed by atoms with Crippen LogP contribution in [0.15, 0.2) is 30.3 Å². The average Bonchev–Trinajstić information content (AvgIpc) is 2.68. The van der Waals surface area contributed by atoms with Crippen molar-refractivity contribution in [1.29, 1.82) is 0 Å². The molecule has 0 radical (unpaired) electrons. The Hall–Kier alpha value is -0.860. The number of hydrogen-bond acceptors (Lipinski definition) is 2. The lowest BCUT2D eigenvalue weighted by molar-refractivity contribution is 0.380. The van der Waals surface area contributed by atoms with Crippen molar-refractivity contribution in [3.8, 4) is 0 Å². The molecule has 1 aliphatic rings. The van der Waals surface area contributed by atoms with E-state index in [1.807, 2.05) is 0 Å². The molecule has 2 N–H and O–H groups in total. The van der Waals surface area contributed by atoms with Gasteiger partial charge in [0.05, 0.1) is 0 Å². The Bertz CT molecular complexity index is 342. The Kier molecular flexibility index (Phi) is 5.87. The fourth-order valence-electron chi connectivity index (χ4n) is 3.06. The minimum Gasteiger partial charge on any atom is -0.314 e. The van der Waals surface area contributed by atoms with Crippen LogP contribution in [0.2, 0.25) is 0 Å². The molecule has 3 atom stereocenters. The third-order valence-corrected chi connectivity index (χ3v) is 4.13. The van der Waals surface area contributed by atoms with E-state index >= 15 is 0 Å². The maximum absolute atomic E-state index is 3.72. The first kappa shape index (κ1) is 14.5. The lowest BCUT2D eigenvalue weighted by atomic mass is 10.0. The molecule has 2 heteroatoms. The molecule has 2 rings (SSSR count). The van der Waals surface area contributed by atoms with Crippen molar-refractivity contribution in [2.45, 2.75) is 64.1 Å². The zero-order valence-electron chi connectivity index (χ0n) is 12.4. The van der Waals surface area contributed by atoms with Crippen molar-refractivity contribution in [3.63, 3.8) is 0 Å². The maximum Gasteiger partial charge on any atom is 0.0294 e. The molecular formula is C17H28N2. The molecule has 0 aliphatic carbocycles. The summed E-state index contributed by atoms with van der Waals surface area (Å²) < 4.78 is 0. The van der Waals surface area contributed by atoms with Gasteiger partial charge in [0.25, 0.3) is 0 Å². The Labute approximate surface area is 118 Å². The molecule has 2 unspecified atom stereocenters. The second kappa shape index (κ2) is 7.66. The summed E-state index contributed by atoms with van der Waals surface area (Å²) in [5.74, 6) is 0.